The summed E-state index contributed by atoms with van der Waals surface area (Å²) in [6, 6.07) is 18.4. The van der Waals surface area contributed by atoms with Crippen molar-refractivity contribution in [1.82, 2.24) is 14.6 Å². The molecule has 0 radical (unpaired) electrons. The van der Waals surface area contributed by atoms with Crippen molar-refractivity contribution in [1.29, 1.82) is 0 Å². The first-order valence-corrected chi connectivity index (χ1v) is 10.7. The minimum Gasteiger partial charge on any atom is -0.378 e. The maximum Gasteiger partial charge on any atom is 0.416 e. The van der Waals surface area contributed by atoms with Crippen LogP contribution in [0.25, 0.3) is 16.9 Å². The van der Waals surface area contributed by atoms with Crippen LogP contribution in [0.5, 0.6) is 0 Å². The number of benzene rings is 2. The molecule has 4 aromatic rings. The number of nitrogens with zero attached hydrogens (tertiary/aromatic N) is 5. The van der Waals surface area contributed by atoms with Crippen LogP contribution < -0.4 is 10.3 Å². The van der Waals surface area contributed by atoms with Crippen LogP contribution in [0.3, 0.4) is 0 Å². The lowest BCUT2D eigenvalue weighted by atomic mass is 10.1. The molecule has 1 aliphatic rings. The molecule has 34 heavy (non-hydrogen) atoms. The second-order valence-corrected chi connectivity index (χ2v) is 7.75. The third kappa shape index (κ3) is 4.72. The molecule has 1 fully saturated rings. The van der Waals surface area contributed by atoms with Gasteiger partial charge in [0.05, 0.1) is 30.7 Å². The van der Waals surface area contributed by atoms with Gasteiger partial charge in [-0.15, -0.1) is 0 Å². The van der Waals surface area contributed by atoms with Crippen molar-refractivity contribution in [3.63, 3.8) is 0 Å². The summed E-state index contributed by atoms with van der Waals surface area (Å²) in [4.78, 5) is 6.79. The third-order valence-electron chi connectivity index (χ3n) is 5.44. The van der Waals surface area contributed by atoms with Crippen LogP contribution in [0.2, 0.25) is 0 Å². The molecule has 0 saturated carbocycles. The van der Waals surface area contributed by atoms with Gasteiger partial charge in [0.1, 0.15) is 5.82 Å². The molecule has 1 N–H and O–H groups in total. The van der Waals surface area contributed by atoms with Crippen LogP contribution in [0, 0.1) is 0 Å². The van der Waals surface area contributed by atoms with E-state index in [0.717, 1.165) is 29.2 Å². The molecule has 0 unspecified atom stereocenters. The Morgan fingerprint density at radius 2 is 1.71 bits per heavy atom. The number of aromatic nitrogens is 3. The quantitative estimate of drug-likeness (QED) is 0.341. The molecule has 0 amide bonds. The van der Waals surface area contributed by atoms with Crippen molar-refractivity contribution in [3.8, 4) is 11.3 Å². The predicted molar refractivity (Wildman–Crippen MR) is 124 cm³/mol. The number of anilines is 2. The Morgan fingerprint density at radius 3 is 2.41 bits per heavy atom. The molecule has 3 heterocycles. The van der Waals surface area contributed by atoms with Crippen molar-refractivity contribution in [2.45, 2.75) is 6.18 Å². The summed E-state index contributed by atoms with van der Waals surface area (Å²) in [6.45, 7) is 2.67. The fourth-order valence-corrected chi connectivity index (χ4v) is 3.71. The molecule has 174 valence electrons. The molecule has 2 aromatic carbocycles. The minimum absolute atomic E-state index is 0.497. The number of ether oxygens (including phenoxy) is 1. The largest absolute Gasteiger partial charge is 0.416 e. The van der Waals surface area contributed by atoms with Crippen LogP contribution in [-0.2, 0) is 10.9 Å². The molecule has 5 rings (SSSR count). The first kappa shape index (κ1) is 21.9. The number of nitrogens with one attached hydrogen (secondary N) is 1. The lowest BCUT2D eigenvalue weighted by molar-refractivity contribution is -0.137. The zero-order valence-corrected chi connectivity index (χ0v) is 18.0. The molecule has 0 atom stereocenters. The van der Waals surface area contributed by atoms with Gasteiger partial charge in [-0.2, -0.15) is 27.9 Å². The number of alkyl halides is 3. The normalized spacial score (nSPS) is 14.7. The van der Waals surface area contributed by atoms with E-state index in [-0.39, 0.29) is 0 Å². The van der Waals surface area contributed by atoms with Crippen LogP contribution in [0.4, 0.5) is 24.8 Å². The molecule has 7 nitrogen and oxygen atoms in total. The van der Waals surface area contributed by atoms with E-state index in [4.69, 9.17) is 9.84 Å². The summed E-state index contributed by atoms with van der Waals surface area (Å²) in [5.74, 6) is 1.35. The van der Waals surface area contributed by atoms with Crippen molar-refractivity contribution >= 4 is 23.5 Å². The summed E-state index contributed by atoms with van der Waals surface area (Å²) in [5.41, 5.74) is 5.16. The van der Waals surface area contributed by atoms with Gasteiger partial charge in [0.25, 0.3) is 0 Å². The SMILES string of the molecule is FC(F)(F)c1ccc(/C=N/Nc2cc(N3CCOCC3)n3nc(-c4ccccc4)cc3n2)cc1. The fraction of sp³-hybridized carbons (Fsp3) is 0.208. The van der Waals surface area contributed by atoms with Crippen LogP contribution in [0.1, 0.15) is 11.1 Å². The molecule has 10 heteroatoms. The molecule has 2 aromatic heterocycles. The van der Waals surface area contributed by atoms with Crippen LogP contribution in [0.15, 0.2) is 71.8 Å². The predicted octanol–water partition coefficient (Wildman–Crippen LogP) is 4.70. The highest BCUT2D eigenvalue weighted by Gasteiger charge is 2.29. The van der Waals surface area contributed by atoms with Crippen molar-refractivity contribution < 1.29 is 17.9 Å². The van der Waals surface area contributed by atoms with E-state index in [1.54, 1.807) is 4.52 Å². The van der Waals surface area contributed by atoms with Gasteiger partial charge in [-0.25, -0.2) is 4.98 Å². The lowest BCUT2D eigenvalue weighted by Crippen LogP contribution is -2.37. The lowest BCUT2D eigenvalue weighted by Gasteiger charge is -2.29. The standard InChI is InChI=1S/C24H21F3N6O/c25-24(26,27)19-8-6-17(7-9-19)16-28-30-21-15-23(32-10-12-34-13-11-32)33-22(29-21)14-20(31-33)18-4-2-1-3-5-18/h1-9,14-16H,10-13H2,(H,29,30)/b28-16+. The van der Waals surface area contributed by atoms with Gasteiger partial charge < -0.3 is 9.64 Å². The average molecular weight is 466 g/mol. The number of rotatable bonds is 5. The Labute approximate surface area is 193 Å². The van der Waals surface area contributed by atoms with E-state index >= 15 is 0 Å². The molecular weight excluding hydrogens is 445 g/mol. The number of fused-ring (bicyclic) bond motifs is 1. The Hall–Kier alpha value is -3.92. The van der Waals surface area contributed by atoms with Gasteiger partial charge in [0.15, 0.2) is 11.5 Å². The highest BCUT2D eigenvalue weighted by Crippen LogP contribution is 2.29. The molecular formula is C24H21F3N6O. The number of halogens is 3. The molecule has 0 bridgehead atoms. The van der Waals surface area contributed by atoms with E-state index in [1.807, 2.05) is 42.5 Å². The second kappa shape index (κ2) is 9.14. The van der Waals surface area contributed by atoms with Gasteiger partial charge in [-0.05, 0) is 17.7 Å². The van der Waals surface area contributed by atoms with Crippen molar-refractivity contribution in [2.24, 2.45) is 5.10 Å². The van der Waals surface area contributed by atoms with E-state index in [1.165, 1.54) is 18.3 Å². The summed E-state index contributed by atoms with van der Waals surface area (Å²) in [7, 11) is 0. The monoisotopic (exact) mass is 466 g/mol. The second-order valence-electron chi connectivity index (χ2n) is 7.75. The Morgan fingerprint density at radius 1 is 0.971 bits per heavy atom. The zero-order chi connectivity index (χ0) is 23.5. The summed E-state index contributed by atoms with van der Waals surface area (Å²) >= 11 is 0. The molecule has 0 aliphatic carbocycles. The number of hydrogen-bond donors (Lipinski definition) is 1. The van der Waals surface area contributed by atoms with Crippen molar-refractivity contribution in [3.05, 3.63) is 77.9 Å². The maximum atomic E-state index is 12.7. The summed E-state index contributed by atoms with van der Waals surface area (Å²) in [6.07, 6.45) is -2.92. The van der Waals surface area contributed by atoms with E-state index in [0.29, 0.717) is 43.3 Å². The number of hydrazone groups is 1. The third-order valence-corrected chi connectivity index (χ3v) is 5.44. The van der Waals surface area contributed by atoms with Crippen molar-refractivity contribution in [2.75, 3.05) is 36.6 Å². The zero-order valence-electron chi connectivity index (χ0n) is 18.0. The first-order valence-electron chi connectivity index (χ1n) is 10.7. The van der Waals surface area contributed by atoms with E-state index in [9.17, 15) is 13.2 Å². The molecule has 1 aliphatic heterocycles. The van der Waals surface area contributed by atoms with Crippen LogP contribution >= 0.6 is 0 Å². The minimum atomic E-state index is -4.37. The summed E-state index contributed by atoms with van der Waals surface area (Å²) < 4.78 is 45.5. The average Bonchev–Trinajstić information content (AvgIpc) is 3.29. The Bertz CT molecular complexity index is 1300. The number of morpholine rings is 1. The van der Waals surface area contributed by atoms with Gasteiger partial charge in [-0.3, -0.25) is 5.43 Å². The van der Waals surface area contributed by atoms with Gasteiger partial charge in [-0.1, -0.05) is 42.5 Å². The molecule has 0 spiro atoms. The summed E-state index contributed by atoms with van der Waals surface area (Å²) in [5, 5.41) is 8.94. The smallest absolute Gasteiger partial charge is 0.378 e. The Kier molecular flexibility index (Phi) is 5.89. The van der Waals surface area contributed by atoms with E-state index < -0.39 is 11.7 Å². The maximum absolute atomic E-state index is 12.7. The Balaban J connectivity index is 1.44. The van der Waals surface area contributed by atoms with Gasteiger partial charge in [0, 0.05) is 30.8 Å². The number of hydrogen-bond acceptors (Lipinski definition) is 6. The highest BCUT2D eigenvalue weighted by atomic mass is 19.4. The van der Waals surface area contributed by atoms with Gasteiger partial charge in [0.2, 0.25) is 0 Å². The van der Waals surface area contributed by atoms with Gasteiger partial charge >= 0.3 is 6.18 Å². The van der Waals surface area contributed by atoms with E-state index in [2.05, 4.69) is 20.4 Å². The fourth-order valence-electron chi connectivity index (χ4n) is 3.71. The highest BCUT2D eigenvalue weighted by molar-refractivity contribution is 5.80. The van der Waals surface area contributed by atoms with Crippen LogP contribution in [-0.4, -0.2) is 47.1 Å². The topological polar surface area (TPSA) is 67.0 Å². The molecule has 1 saturated heterocycles. The first-order chi connectivity index (χ1) is 16.5.